The second-order valence-electron chi connectivity index (χ2n) is 8.12. The molecule has 0 saturated heterocycles. The molecule has 7 aliphatic rings. The Morgan fingerprint density at radius 1 is 1.00 bits per heavy atom. The fraction of sp³-hybridized carbons (Fsp3) is 0.556. The summed E-state index contributed by atoms with van der Waals surface area (Å²) in [5.41, 5.74) is 0.613. The van der Waals surface area contributed by atoms with Crippen LogP contribution < -0.4 is 0 Å². The van der Waals surface area contributed by atoms with E-state index in [0.717, 1.165) is 5.92 Å². The van der Waals surface area contributed by atoms with Crippen molar-refractivity contribution in [3.63, 3.8) is 0 Å². The molecule has 0 aromatic heterocycles. The molecule has 4 bridgehead atoms. The zero-order chi connectivity index (χ0) is 13.8. The van der Waals surface area contributed by atoms with Crippen molar-refractivity contribution in [3.8, 4) is 0 Å². The summed E-state index contributed by atoms with van der Waals surface area (Å²) in [5.74, 6) is 2.99. The molecule has 2 spiro atoms. The van der Waals surface area contributed by atoms with Crippen molar-refractivity contribution in [1.29, 1.82) is 0 Å². The Balaban J connectivity index is 1.51. The molecule has 6 saturated carbocycles. The average molecular weight is 296 g/mol. The van der Waals surface area contributed by atoms with Crippen LogP contribution in [0.25, 0.3) is 0 Å². The Hall–Kier alpha value is -1.09. The summed E-state index contributed by atoms with van der Waals surface area (Å²) in [6.07, 6.45) is 7.23. The predicted molar refractivity (Wildman–Crippen MR) is 77.0 cm³/mol. The molecule has 1 aromatic rings. The highest BCUT2D eigenvalue weighted by Gasteiger charge is 3.17. The Bertz CT molecular complexity index is 868. The van der Waals surface area contributed by atoms with E-state index in [-0.39, 0.29) is 10.2 Å². The first kappa shape index (κ1) is 10.6. The molecule has 1 aromatic carbocycles. The lowest BCUT2D eigenvalue weighted by atomic mass is 9.65. The molecule has 106 valence electrons. The Morgan fingerprint density at radius 3 is 2.57 bits per heavy atom. The van der Waals surface area contributed by atoms with E-state index < -0.39 is 9.84 Å². The van der Waals surface area contributed by atoms with Crippen LogP contribution in [0.4, 0.5) is 0 Å². The van der Waals surface area contributed by atoms with E-state index in [0.29, 0.717) is 34.0 Å². The molecule has 8 rings (SSSR count). The number of hydrogen-bond acceptors (Lipinski definition) is 2. The van der Waals surface area contributed by atoms with E-state index >= 15 is 0 Å². The van der Waals surface area contributed by atoms with Gasteiger partial charge in [-0.15, -0.1) is 0 Å². The van der Waals surface area contributed by atoms with Gasteiger partial charge in [0.15, 0.2) is 9.84 Å². The highest BCUT2D eigenvalue weighted by Crippen LogP contribution is 3.14. The molecule has 21 heavy (non-hydrogen) atoms. The minimum absolute atomic E-state index is 0.170. The summed E-state index contributed by atoms with van der Waals surface area (Å²) in [6.45, 7) is 0. The monoisotopic (exact) mass is 296 g/mol. The summed E-state index contributed by atoms with van der Waals surface area (Å²) in [5, 5.41) is 0. The highest BCUT2D eigenvalue weighted by molar-refractivity contribution is 7.93. The van der Waals surface area contributed by atoms with Crippen LogP contribution >= 0.6 is 0 Å². The Morgan fingerprint density at radius 2 is 1.76 bits per heavy atom. The van der Waals surface area contributed by atoms with Gasteiger partial charge >= 0.3 is 0 Å². The van der Waals surface area contributed by atoms with Crippen LogP contribution in [0.3, 0.4) is 0 Å². The zero-order valence-electron chi connectivity index (χ0n) is 11.6. The van der Waals surface area contributed by atoms with E-state index in [4.69, 9.17) is 0 Å². The SMILES string of the molecule is O=S(=O)(c1ccccc1)[C@]12[C@@H]3[C@H]4C[C@H]1[C@@]21[C@H]2C=C[C@@H](C2)[C@]431. The molecule has 0 N–H and O–H groups in total. The second kappa shape index (κ2) is 2.44. The van der Waals surface area contributed by atoms with Crippen molar-refractivity contribution in [2.24, 2.45) is 40.4 Å². The fourth-order valence-corrected chi connectivity index (χ4v) is 11.8. The van der Waals surface area contributed by atoms with Crippen molar-refractivity contribution in [2.45, 2.75) is 22.5 Å². The van der Waals surface area contributed by atoms with Gasteiger partial charge in [-0.05, 0) is 60.0 Å². The van der Waals surface area contributed by atoms with Crippen LogP contribution in [0, 0.1) is 40.4 Å². The van der Waals surface area contributed by atoms with Crippen LogP contribution in [0.15, 0.2) is 47.4 Å². The van der Waals surface area contributed by atoms with Gasteiger partial charge in [0, 0.05) is 5.41 Å². The van der Waals surface area contributed by atoms with Crippen molar-refractivity contribution in [1.82, 2.24) is 0 Å². The van der Waals surface area contributed by atoms with E-state index in [1.165, 1.54) is 12.8 Å². The Labute approximate surface area is 124 Å². The largest absolute Gasteiger partial charge is 0.223 e. The number of rotatable bonds is 2. The zero-order valence-corrected chi connectivity index (χ0v) is 12.4. The maximum atomic E-state index is 13.4. The normalized spacial score (nSPS) is 62.2. The summed E-state index contributed by atoms with van der Waals surface area (Å²) in [6, 6.07) is 9.24. The van der Waals surface area contributed by atoms with Gasteiger partial charge in [-0.25, -0.2) is 8.42 Å². The third-order valence-corrected chi connectivity index (χ3v) is 11.2. The molecular weight excluding hydrogens is 280 g/mol. The molecule has 7 aliphatic carbocycles. The van der Waals surface area contributed by atoms with Gasteiger partial charge in [0.05, 0.1) is 9.64 Å². The topological polar surface area (TPSA) is 34.1 Å². The molecule has 0 aliphatic heterocycles. The fourth-order valence-electron chi connectivity index (χ4n) is 8.70. The molecule has 0 radical (unpaired) electrons. The van der Waals surface area contributed by atoms with Gasteiger partial charge in [-0.3, -0.25) is 0 Å². The first-order valence-electron chi connectivity index (χ1n) is 8.14. The van der Waals surface area contributed by atoms with Crippen LogP contribution in [0.1, 0.15) is 12.8 Å². The quantitative estimate of drug-likeness (QED) is 0.786. The number of hydrogen-bond donors (Lipinski definition) is 0. The van der Waals surface area contributed by atoms with Gasteiger partial charge in [-0.2, -0.15) is 0 Å². The molecule has 0 unspecified atom stereocenters. The highest BCUT2D eigenvalue weighted by atomic mass is 32.2. The lowest BCUT2D eigenvalue weighted by Gasteiger charge is -2.43. The van der Waals surface area contributed by atoms with Crippen molar-refractivity contribution >= 4 is 9.84 Å². The average Bonchev–Trinajstić information content (AvgIpc) is 2.96. The van der Waals surface area contributed by atoms with Crippen molar-refractivity contribution in [2.75, 3.05) is 0 Å². The molecule has 0 amide bonds. The van der Waals surface area contributed by atoms with Crippen LogP contribution in [-0.4, -0.2) is 13.2 Å². The predicted octanol–water partition coefficient (Wildman–Crippen LogP) is 2.67. The van der Waals surface area contributed by atoms with Gasteiger partial charge in [-0.1, -0.05) is 30.4 Å². The second-order valence-corrected chi connectivity index (χ2v) is 10.3. The standard InChI is InChI=1S/C18H16O2S/c19-21(20,12-4-2-1-3-5-12)18-14-9-13-15(18)16(13)10-6-7-11(8-10)17(14,16)18/h1-7,10-11,13-15H,8-9H2/t10-,11-,13+,14-,15+,16-,17+,18-/m0/s1. The first-order valence-corrected chi connectivity index (χ1v) is 9.62. The molecule has 8 atom stereocenters. The van der Waals surface area contributed by atoms with Gasteiger partial charge in [0.1, 0.15) is 0 Å². The minimum atomic E-state index is -3.17. The molecule has 0 heterocycles. The van der Waals surface area contributed by atoms with E-state index in [1.807, 2.05) is 18.2 Å². The number of fused-ring (bicyclic) bond motifs is 2. The van der Waals surface area contributed by atoms with E-state index in [1.54, 1.807) is 12.1 Å². The summed E-state index contributed by atoms with van der Waals surface area (Å²) in [4.78, 5) is 0.569. The van der Waals surface area contributed by atoms with Crippen molar-refractivity contribution < 1.29 is 8.42 Å². The third kappa shape index (κ3) is 0.600. The summed E-state index contributed by atoms with van der Waals surface area (Å²) >= 11 is 0. The van der Waals surface area contributed by atoms with Crippen LogP contribution in [-0.2, 0) is 9.84 Å². The van der Waals surface area contributed by atoms with Crippen LogP contribution in [0.5, 0.6) is 0 Å². The molecule has 2 nitrogen and oxygen atoms in total. The smallest absolute Gasteiger partial charge is 0.185 e. The lowest BCUT2D eigenvalue weighted by molar-refractivity contribution is 0.133. The maximum absolute atomic E-state index is 13.4. The third-order valence-electron chi connectivity index (χ3n) is 8.50. The molecular formula is C18H16O2S. The number of benzene rings is 1. The lowest BCUT2D eigenvalue weighted by Crippen LogP contribution is -2.50. The number of allylic oxidation sites excluding steroid dienone is 2. The minimum Gasteiger partial charge on any atom is -0.223 e. The van der Waals surface area contributed by atoms with Crippen molar-refractivity contribution in [3.05, 3.63) is 42.5 Å². The van der Waals surface area contributed by atoms with Crippen LogP contribution in [0.2, 0.25) is 0 Å². The molecule has 3 heteroatoms. The van der Waals surface area contributed by atoms with Gasteiger partial charge in [0.2, 0.25) is 0 Å². The Kier molecular flexibility index (Phi) is 1.23. The molecule has 6 fully saturated rings. The summed E-state index contributed by atoms with van der Waals surface area (Å²) < 4.78 is 26.5. The van der Waals surface area contributed by atoms with Gasteiger partial charge in [0.25, 0.3) is 0 Å². The van der Waals surface area contributed by atoms with Gasteiger partial charge < -0.3 is 0 Å². The first-order chi connectivity index (χ1) is 10.2. The van der Waals surface area contributed by atoms with E-state index in [9.17, 15) is 8.42 Å². The number of sulfone groups is 1. The van der Waals surface area contributed by atoms with E-state index in [2.05, 4.69) is 12.2 Å². The maximum Gasteiger partial charge on any atom is 0.185 e. The summed E-state index contributed by atoms with van der Waals surface area (Å²) in [7, 11) is -3.17.